The Morgan fingerprint density at radius 1 is 1.44 bits per heavy atom. The summed E-state index contributed by atoms with van der Waals surface area (Å²) < 4.78 is 0. The van der Waals surface area contributed by atoms with Crippen molar-refractivity contribution in [2.75, 3.05) is 20.2 Å². The number of hydrogen-bond donors (Lipinski definition) is 1. The lowest BCUT2D eigenvalue weighted by Gasteiger charge is -2.15. The Kier molecular flexibility index (Phi) is 3.00. The van der Waals surface area contributed by atoms with Crippen LogP contribution in [0.1, 0.15) is 5.56 Å². The van der Waals surface area contributed by atoms with Crippen molar-refractivity contribution in [2.24, 2.45) is 17.0 Å². The van der Waals surface area contributed by atoms with Crippen LogP contribution < -0.4 is 5.32 Å². The molecule has 0 radical (unpaired) electrons. The van der Waals surface area contributed by atoms with Crippen molar-refractivity contribution in [3.05, 3.63) is 33.8 Å². The Balaban J connectivity index is 1.94. The highest BCUT2D eigenvalue weighted by atomic mass is 35.5. The Bertz CT molecular complexity index is 506. The molecular formula is C13H14Cl2N2O. The lowest BCUT2D eigenvalue weighted by Crippen LogP contribution is -2.24. The predicted octanol–water partition coefficient (Wildman–Crippen LogP) is 2.71. The van der Waals surface area contributed by atoms with Gasteiger partial charge in [0.15, 0.2) is 0 Å². The summed E-state index contributed by atoms with van der Waals surface area (Å²) >= 11 is 12.1. The molecule has 3 unspecified atom stereocenters. The van der Waals surface area contributed by atoms with Gasteiger partial charge in [0.1, 0.15) is 7.11 Å². The zero-order chi connectivity index (χ0) is 12.8. The van der Waals surface area contributed by atoms with E-state index < -0.39 is 0 Å². The molecule has 0 aromatic heterocycles. The van der Waals surface area contributed by atoms with E-state index in [9.17, 15) is 0 Å². The first-order valence-electron chi connectivity index (χ1n) is 5.93. The molecule has 1 aromatic carbocycles. The minimum atomic E-state index is 0.121. The minimum Gasteiger partial charge on any atom is -0.399 e. The van der Waals surface area contributed by atoms with Gasteiger partial charge in [-0.15, -0.1) is 0 Å². The quantitative estimate of drug-likeness (QED) is 0.684. The van der Waals surface area contributed by atoms with Crippen LogP contribution in [0.25, 0.3) is 0 Å². The monoisotopic (exact) mass is 284 g/mol. The molecule has 1 aliphatic carbocycles. The van der Waals surface area contributed by atoms with Crippen LogP contribution in [0.5, 0.6) is 0 Å². The summed E-state index contributed by atoms with van der Waals surface area (Å²) in [6.07, 6.45) is 1.91. The number of halogens is 2. The van der Waals surface area contributed by atoms with Crippen molar-refractivity contribution in [3.63, 3.8) is 0 Å². The maximum Gasteiger partial charge on any atom is 0.106 e. The normalized spacial score (nSPS) is 33.7. The second-order valence-electron chi connectivity index (χ2n) is 4.87. The molecule has 0 bridgehead atoms. The predicted molar refractivity (Wildman–Crippen MR) is 73.5 cm³/mol. The van der Waals surface area contributed by atoms with E-state index in [0.717, 1.165) is 13.1 Å². The number of hydrogen-bond acceptors (Lipinski definition) is 3. The Labute approximate surface area is 116 Å². The molecule has 0 amide bonds. The number of rotatable bonds is 3. The fourth-order valence-corrected chi connectivity index (χ4v) is 3.50. The van der Waals surface area contributed by atoms with Gasteiger partial charge in [0.2, 0.25) is 0 Å². The van der Waals surface area contributed by atoms with E-state index in [1.807, 2.05) is 18.3 Å². The highest BCUT2D eigenvalue weighted by Gasteiger charge is 2.67. The van der Waals surface area contributed by atoms with Crippen molar-refractivity contribution in [3.8, 4) is 0 Å². The van der Waals surface area contributed by atoms with Gasteiger partial charge >= 0.3 is 0 Å². The molecule has 0 spiro atoms. The summed E-state index contributed by atoms with van der Waals surface area (Å²) in [6.45, 7) is 1.97. The Morgan fingerprint density at radius 2 is 2.28 bits per heavy atom. The van der Waals surface area contributed by atoms with Crippen LogP contribution in [-0.4, -0.2) is 26.4 Å². The Hall–Kier alpha value is -0.770. The Morgan fingerprint density at radius 3 is 3.00 bits per heavy atom. The summed E-state index contributed by atoms with van der Waals surface area (Å²) in [5.41, 5.74) is 1.36. The van der Waals surface area contributed by atoms with Gasteiger partial charge in [0, 0.05) is 24.1 Å². The van der Waals surface area contributed by atoms with E-state index >= 15 is 0 Å². The third-order valence-corrected chi connectivity index (χ3v) is 4.89. The van der Waals surface area contributed by atoms with Crippen LogP contribution in [0, 0.1) is 11.8 Å². The van der Waals surface area contributed by atoms with E-state index in [0.29, 0.717) is 21.9 Å². The van der Waals surface area contributed by atoms with Crippen LogP contribution in [-0.2, 0) is 10.3 Å². The van der Waals surface area contributed by atoms with E-state index in [1.54, 1.807) is 7.11 Å². The van der Waals surface area contributed by atoms with Gasteiger partial charge in [-0.05, 0) is 30.2 Å². The minimum absolute atomic E-state index is 0.121. The SMILES string of the molecule is CO/N=C\C1C2CNCC12c1ccc(Cl)c(Cl)c1. The molecule has 3 atom stereocenters. The molecule has 3 nitrogen and oxygen atoms in total. The lowest BCUT2D eigenvalue weighted by molar-refractivity contribution is 0.214. The molecule has 2 fully saturated rings. The molecule has 1 saturated heterocycles. The van der Waals surface area contributed by atoms with Crippen molar-refractivity contribution in [2.45, 2.75) is 5.41 Å². The molecule has 18 heavy (non-hydrogen) atoms. The van der Waals surface area contributed by atoms with Gasteiger partial charge in [-0.1, -0.05) is 34.4 Å². The largest absolute Gasteiger partial charge is 0.399 e. The number of piperidine rings is 1. The molecule has 1 heterocycles. The van der Waals surface area contributed by atoms with Crippen LogP contribution in [0.4, 0.5) is 0 Å². The third kappa shape index (κ3) is 1.65. The maximum absolute atomic E-state index is 6.11. The molecule has 1 aliphatic heterocycles. The molecule has 96 valence electrons. The standard InChI is InChI=1S/C13H14Cl2N2O/c1-18-17-6-10-9-5-16-7-13(9,10)8-2-3-11(14)12(15)4-8/h2-4,6,9-10,16H,5,7H2,1H3/b17-6-. The average molecular weight is 285 g/mol. The highest BCUT2D eigenvalue weighted by molar-refractivity contribution is 6.42. The smallest absolute Gasteiger partial charge is 0.106 e. The van der Waals surface area contributed by atoms with Crippen molar-refractivity contribution >= 4 is 29.4 Å². The molecule has 1 saturated carbocycles. The van der Waals surface area contributed by atoms with Crippen molar-refractivity contribution < 1.29 is 4.84 Å². The maximum atomic E-state index is 6.11. The zero-order valence-electron chi connectivity index (χ0n) is 9.99. The number of nitrogens with one attached hydrogen (secondary N) is 1. The van der Waals surface area contributed by atoms with Crippen LogP contribution in [0.2, 0.25) is 10.0 Å². The summed E-state index contributed by atoms with van der Waals surface area (Å²) in [7, 11) is 1.57. The highest BCUT2D eigenvalue weighted by Crippen LogP contribution is 2.61. The van der Waals surface area contributed by atoms with E-state index in [4.69, 9.17) is 28.0 Å². The van der Waals surface area contributed by atoms with Crippen LogP contribution in [0.3, 0.4) is 0 Å². The number of benzene rings is 1. The van der Waals surface area contributed by atoms with Crippen molar-refractivity contribution in [1.29, 1.82) is 0 Å². The molecule has 3 rings (SSSR count). The van der Waals surface area contributed by atoms with Crippen LogP contribution >= 0.6 is 23.2 Å². The fourth-order valence-electron chi connectivity index (χ4n) is 3.20. The molecule has 5 heteroatoms. The first kappa shape index (κ1) is 12.3. The van der Waals surface area contributed by atoms with Gasteiger partial charge in [-0.3, -0.25) is 0 Å². The lowest BCUT2D eigenvalue weighted by atomic mass is 9.93. The van der Waals surface area contributed by atoms with Gasteiger partial charge in [0.05, 0.1) is 10.0 Å². The van der Waals surface area contributed by atoms with Crippen molar-refractivity contribution in [1.82, 2.24) is 5.32 Å². The second-order valence-corrected chi connectivity index (χ2v) is 5.68. The first-order chi connectivity index (χ1) is 8.70. The van der Waals surface area contributed by atoms with Gasteiger partial charge in [-0.25, -0.2) is 0 Å². The summed E-state index contributed by atoms with van der Waals surface area (Å²) in [4.78, 5) is 4.78. The molecule has 2 aliphatic rings. The summed E-state index contributed by atoms with van der Waals surface area (Å²) in [5, 5.41) is 8.55. The number of oxime groups is 1. The number of fused-ring (bicyclic) bond motifs is 1. The third-order valence-electron chi connectivity index (χ3n) is 4.15. The second kappa shape index (κ2) is 4.41. The molecule has 1 N–H and O–H groups in total. The average Bonchev–Trinajstić information content (AvgIpc) is 2.77. The topological polar surface area (TPSA) is 33.6 Å². The van der Waals surface area contributed by atoms with Gasteiger partial charge < -0.3 is 10.2 Å². The van der Waals surface area contributed by atoms with Crippen LogP contribution in [0.15, 0.2) is 23.4 Å². The van der Waals surface area contributed by atoms with Gasteiger partial charge in [-0.2, -0.15) is 0 Å². The molecular weight excluding hydrogens is 271 g/mol. The van der Waals surface area contributed by atoms with Gasteiger partial charge in [0.25, 0.3) is 0 Å². The fraction of sp³-hybridized carbons (Fsp3) is 0.462. The molecule has 1 aromatic rings. The summed E-state index contributed by atoms with van der Waals surface area (Å²) in [6, 6.07) is 5.91. The van der Waals surface area contributed by atoms with E-state index in [2.05, 4.69) is 16.5 Å². The first-order valence-corrected chi connectivity index (χ1v) is 6.68. The van der Waals surface area contributed by atoms with E-state index in [-0.39, 0.29) is 5.41 Å². The zero-order valence-corrected chi connectivity index (χ0v) is 11.5. The van der Waals surface area contributed by atoms with E-state index in [1.165, 1.54) is 5.56 Å². The summed E-state index contributed by atoms with van der Waals surface area (Å²) in [5.74, 6) is 1.00. The number of nitrogens with zero attached hydrogens (tertiary/aromatic N) is 1.